The molecule has 9 heteroatoms. The number of pyridine rings is 1. The molecular formula is C13H9F3N4O2. The lowest BCUT2D eigenvalue weighted by Gasteiger charge is -2.12. The third kappa shape index (κ3) is 2.90. The molecule has 114 valence electrons. The van der Waals surface area contributed by atoms with E-state index in [1.807, 2.05) is 0 Å². The Morgan fingerprint density at radius 1 is 1.41 bits per heavy atom. The third-order valence-corrected chi connectivity index (χ3v) is 2.63. The maximum atomic E-state index is 13.3. The average molecular weight is 310 g/mol. The van der Waals surface area contributed by atoms with Crippen LogP contribution in [0.15, 0.2) is 24.7 Å². The number of halogens is 3. The number of aromatic nitrogens is 3. The van der Waals surface area contributed by atoms with Crippen molar-refractivity contribution in [2.45, 2.75) is 13.1 Å². The molecule has 0 saturated carbocycles. The lowest BCUT2D eigenvalue weighted by Crippen LogP contribution is -2.18. The molecule has 0 spiro atoms. The van der Waals surface area contributed by atoms with Crippen molar-refractivity contribution < 1.29 is 22.7 Å². The molecule has 22 heavy (non-hydrogen) atoms. The molecule has 2 heterocycles. The summed E-state index contributed by atoms with van der Waals surface area (Å²) in [6.45, 7) is 1.42. The number of carbonyl (C=O) groups excluding carboxylic acids is 1. The average Bonchev–Trinajstić information content (AvgIpc) is 2.92. The van der Waals surface area contributed by atoms with E-state index >= 15 is 0 Å². The monoisotopic (exact) mass is 310 g/mol. The van der Waals surface area contributed by atoms with Crippen molar-refractivity contribution >= 4 is 5.97 Å². The van der Waals surface area contributed by atoms with E-state index < -0.39 is 23.4 Å². The van der Waals surface area contributed by atoms with Crippen molar-refractivity contribution in [2.24, 2.45) is 0 Å². The zero-order valence-corrected chi connectivity index (χ0v) is 11.3. The Morgan fingerprint density at radius 3 is 2.73 bits per heavy atom. The van der Waals surface area contributed by atoms with Crippen LogP contribution in [-0.2, 0) is 10.9 Å². The van der Waals surface area contributed by atoms with Gasteiger partial charge in [-0.2, -0.15) is 23.5 Å². The Kier molecular flexibility index (Phi) is 4.12. The van der Waals surface area contributed by atoms with Crippen LogP contribution in [0.4, 0.5) is 13.2 Å². The van der Waals surface area contributed by atoms with Crippen LogP contribution in [0, 0.1) is 11.3 Å². The van der Waals surface area contributed by atoms with Crippen LogP contribution in [0.1, 0.15) is 28.5 Å². The van der Waals surface area contributed by atoms with Crippen LogP contribution >= 0.6 is 0 Å². The molecule has 2 aromatic rings. The maximum Gasteiger partial charge on any atom is 0.434 e. The Morgan fingerprint density at radius 2 is 2.14 bits per heavy atom. The van der Waals surface area contributed by atoms with Gasteiger partial charge in [0.2, 0.25) is 0 Å². The highest BCUT2D eigenvalue weighted by Crippen LogP contribution is 2.33. The summed E-state index contributed by atoms with van der Waals surface area (Å²) in [4.78, 5) is 15.3. The molecule has 6 nitrogen and oxygen atoms in total. The first-order chi connectivity index (χ1) is 10.4. The van der Waals surface area contributed by atoms with E-state index in [0.29, 0.717) is 4.68 Å². The normalized spacial score (nSPS) is 11.0. The van der Waals surface area contributed by atoms with Gasteiger partial charge in [-0.15, -0.1) is 0 Å². The van der Waals surface area contributed by atoms with Crippen molar-refractivity contribution in [1.29, 1.82) is 5.26 Å². The molecule has 0 unspecified atom stereocenters. The van der Waals surface area contributed by atoms with Crippen LogP contribution in [0.25, 0.3) is 5.69 Å². The summed E-state index contributed by atoms with van der Waals surface area (Å²) in [6, 6.07) is 2.95. The lowest BCUT2D eigenvalue weighted by molar-refractivity contribution is -0.143. The molecule has 0 aliphatic rings. The van der Waals surface area contributed by atoms with Gasteiger partial charge in [-0.05, 0) is 13.0 Å². The Hall–Kier alpha value is -2.89. The number of alkyl halides is 3. The van der Waals surface area contributed by atoms with E-state index in [4.69, 9.17) is 5.26 Å². The number of rotatable bonds is 3. The molecule has 0 aromatic carbocycles. The van der Waals surface area contributed by atoms with Gasteiger partial charge in [-0.1, -0.05) is 0 Å². The molecule has 0 radical (unpaired) electrons. The number of hydrogen-bond acceptors (Lipinski definition) is 5. The summed E-state index contributed by atoms with van der Waals surface area (Å²) >= 11 is 0. The van der Waals surface area contributed by atoms with Crippen molar-refractivity contribution in [2.75, 3.05) is 6.61 Å². The topological polar surface area (TPSA) is 80.8 Å². The maximum absolute atomic E-state index is 13.3. The van der Waals surface area contributed by atoms with Crippen LogP contribution in [0.2, 0.25) is 0 Å². The highest BCUT2D eigenvalue weighted by atomic mass is 19.4. The number of esters is 1. The highest BCUT2D eigenvalue weighted by molar-refractivity contribution is 5.90. The van der Waals surface area contributed by atoms with E-state index in [2.05, 4.69) is 14.8 Å². The molecule has 0 amide bonds. The highest BCUT2D eigenvalue weighted by Gasteiger charge is 2.41. The summed E-state index contributed by atoms with van der Waals surface area (Å²) in [7, 11) is 0. The fourth-order valence-electron chi connectivity index (χ4n) is 1.78. The van der Waals surface area contributed by atoms with E-state index in [1.54, 1.807) is 6.07 Å². The molecule has 0 aliphatic carbocycles. The Labute approximate surface area is 122 Å². The first-order valence-electron chi connectivity index (χ1n) is 6.06. The Bertz CT molecular complexity index is 746. The van der Waals surface area contributed by atoms with Crippen molar-refractivity contribution in [1.82, 2.24) is 14.8 Å². The first kappa shape index (κ1) is 15.5. The zero-order valence-electron chi connectivity index (χ0n) is 11.3. The second kappa shape index (κ2) is 5.85. The van der Waals surface area contributed by atoms with E-state index in [9.17, 15) is 18.0 Å². The molecule has 0 N–H and O–H groups in total. The van der Waals surface area contributed by atoms with E-state index in [-0.39, 0.29) is 17.9 Å². The van der Waals surface area contributed by atoms with Gasteiger partial charge in [0.1, 0.15) is 11.6 Å². The molecule has 0 atom stereocenters. The van der Waals surface area contributed by atoms with Gasteiger partial charge in [0, 0.05) is 6.20 Å². The van der Waals surface area contributed by atoms with Crippen molar-refractivity contribution in [3.63, 3.8) is 0 Å². The number of nitriles is 1. The summed E-state index contributed by atoms with van der Waals surface area (Å²) < 4.78 is 44.9. The lowest BCUT2D eigenvalue weighted by atomic mass is 10.2. The molecular weight excluding hydrogens is 301 g/mol. The predicted octanol–water partition coefficient (Wildman–Crippen LogP) is 2.33. The summed E-state index contributed by atoms with van der Waals surface area (Å²) in [5.41, 5.74) is -1.99. The smallest absolute Gasteiger partial charge is 0.434 e. The third-order valence-electron chi connectivity index (χ3n) is 2.63. The van der Waals surface area contributed by atoms with Crippen LogP contribution in [-0.4, -0.2) is 27.3 Å². The summed E-state index contributed by atoms with van der Waals surface area (Å²) in [6.07, 6.45) is -1.74. The van der Waals surface area contributed by atoms with Gasteiger partial charge in [0.15, 0.2) is 5.69 Å². The number of nitrogens with zero attached hydrogens (tertiary/aromatic N) is 4. The van der Waals surface area contributed by atoms with Gasteiger partial charge >= 0.3 is 12.1 Å². The Balaban J connectivity index is 2.62. The summed E-state index contributed by atoms with van der Waals surface area (Å²) in [5.74, 6) is -1.12. The zero-order chi connectivity index (χ0) is 16.3. The largest absolute Gasteiger partial charge is 0.462 e. The predicted molar refractivity (Wildman–Crippen MR) is 67.0 cm³/mol. The minimum Gasteiger partial charge on any atom is -0.462 e. The van der Waals surface area contributed by atoms with Gasteiger partial charge in [-0.3, -0.25) is 4.98 Å². The quantitative estimate of drug-likeness (QED) is 0.813. The van der Waals surface area contributed by atoms with E-state index in [0.717, 1.165) is 12.4 Å². The fourth-order valence-corrected chi connectivity index (χ4v) is 1.78. The van der Waals surface area contributed by atoms with Gasteiger partial charge < -0.3 is 4.74 Å². The second-order valence-electron chi connectivity index (χ2n) is 4.08. The van der Waals surface area contributed by atoms with Gasteiger partial charge in [0.25, 0.3) is 0 Å². The van der Waals surface area contributed by atoms with Crippen molar-refractivity contribution in [3.05, 3.63) is 41.5 Å². The molecule has 2 rings (SSSR count). The second-order valence-corrected chi connectivity index (χ2v) is 4.08. The molecule has 0 saturated heterocycles. The van der Waals surface area contributed by atoms with Crippen LogP contribution < -0.4 is 0 Å². The fraction of sp³-hybridized carbons (Fsp3) is 0.231. The number of ether oxygens (including phenoxy) is 1. The number of hydrogen-bond donors (Lipinski definition) is 0. The molecule has 2 aromatic heterocycles. The van der Waals surface area contributed by atoms with Crippen LogP contribution in [0.3, 0.4) is 0 Å². The molecule has 0 aliphatic heterocycles. The summed E-state index contributed by atoms with van der Waals surface area (Å²) in [5, 5.41) is 12.4. The SMILES string of the molecule is CCOC(=O)c1cnn(-c2cncc(C#N)c2)c1C(F)(F)F. The number of carbonyl (C=O) groups is 1. The standard InChI is InChI=1S/C13H9F3N4O2/c1-2-22-12(21)10-7-19-20(11(10)13(14,15)16)9-3-8(4-17)5-18-6-9/h3,5-7H,2H2,1H3. The molecule has 0 fully saturated rings. The minimum absolute atomic E-state index is 0.0627. The van der Waals surface area contributed by atoms with Crippen LogP contribution in [0.5, 0.6) is 0 Å². The van der Waals surface area contributed by atoms with Gasteiger partial charge in [0.05, 0.1) is 30.3 Å². The first-order valence-corrected chi connectivity index (χ1v) is 6.06. The molecule has 0 bridgehead atoms. The van der Waals surface area contributed by atoms with Gasteiger partial charge in [-0.25, -0.2) is 9.48 Å². The van der Waals surface area contributed by atoms with E-state index in [1.165, 1.54) is 19.2 Å². The minimum atomic E-state index is -4.83. The van der Waals surface area contributed by atoms with Crippen molar-refractivity contribution in [3.8, 4) is 11.8 Å².